The van der Waals surface area contributed by atoms with Gasteiger partial charge in [0.25, 0.3) is 5.56 Å². The van der Waals surface area contributed by atoms with E-state index in [1.807, 2.05) is 20.8 Å². The topological polar surface area (TPSA) is 37.8 Å². The molecular weight excluding hydrogens is 172 g/mol. The van der Waals surface area contributed by atoms with E-state index in [0.29, 0.717) is 4.77 Å². The summed E-state index contributed by atoms with van der Waals surface area (Å²) in [7, 11) is 0. The van der Waals surface area contributed by atoms with Gasteiger partial charge in [0, 0.05) is 18.8 Å². The summed E-state index contributed by atoms with van der Waals surface area (Å²) in [5.41, 5.74) is -0.144. The molecule has 3 nitrogen and oxygen atoms in total. The SMILES string of the molecule is CC.CCn1ccc(=O)[nH]c1=S. The van der Waals surface area contributed by atoms with Crippen molar-refractivity contribution in [2.75, 3.05) is 0 Å². The minimum atomic E-state index is -0.144. The number of rotatable bonds is 1. The smallest absolute Gasteiger partial charge is 0.251 e. The second-order valence-electron chi connectivity index (χ2n) is 1.90. The van der Waals surface area contributed by atoms with E-state index in [4.69, 9.17) is 12.2 Å². The van der Waals surface area contributed by atoms with E-state index in [-0.39, 0.29) is 5.56 Å². The van der Waals surface area contributed by atoms with Crippen molar-refractivity contribution in [1.29, 1.82) is 0 Å². The highest BCUT2D eigenvalue weighted by Gasteiger charge is 1.86. The molecule has 0 unspecified atom stereocenters. The average molecular weight is 186 g/mol. The molecule has 0 radical (unpaired) electrons. The molecule has 68 valence electrons. The predicted octanol–water partition coefficient (Wildman–Crippen LogP) is 1.95. The lowest BCUT2D eigenvalue weighted by Crippen LogP contribution is -2.09. The Kier molecular flexibility index (Phi) is 5.28. The molecule has 0 saturated heterocycles. The summed E-state index contributed by atoms with van der Waals surface area (Å²) in [6.07, 6.45) is 1.68. The minimum absolute atomic E-state index is 0.144. The maximum atomic E-state index is 10.6. The Balaban J connectivity index is 0.000000561. The van der Waals surface area contributed by atoms with Crippen LogP contribution in [0.15, 0.2) is 17.1 Å². The maximum Gasteiger partial charge on any atom is 0.251 e. The van der Waals surface area contributed by atoms with Crippen LogP contribution in [0.5, 0.6) is 0 Å². The number of aryl methyl sites for hydroxylation is 1. The van der Waals surface area contributed by atoms with Gasteiger partial charge in [-0.2, -0.15) is 0 Å². The molecule has 1 N–H and O–H groups in total. The van der Waals surface area contributed by atoms with E-state index >= 15 is 0 Å². The Labute approximate surface area is 77.1 Å². The van der Waals surface area contributed by atoms with Crippen LogP contribution in [0.25, 0.3) is 0 Å². The van der Waals surface area contributed by atoms with Crippen molar-refractivity contribution in [3.05, 3.63) is 27.4 Å². The molecule has 1 aromatic heterocycles. The number of hydrogen-bond acceptors (Lipinski definition) is 2. The third-order valence-corrected chi connectivity index (χ3v) is 1.57. The lowest BCUT2D eigenvalue weighted by atomic mass is 10.6. The van der Waals surface area contributed by atoms with Crippen LogP contribution in [0.1, 0.15) is 20.8 Å². The van der Waals surface area contributed by atoms with E-state index in [2.05, 4.69) is 4.98 Å². The summed E-state index contributed by atoms with van der Waals surface area (Å²) in [6.45, 7) is 6.75. The Morgan fingerprint density at radius 1 is 1.58 bits per heavy atom. The van der Waals surface area contributed by atoms with Gasteiger partial charge in [-0.15, -0.1) is 0 Å². The fourth-order valence-electron chi connectivity index (χ4n) is 0.693. The molecule has 0 fully saturated rings. The number of H-pyrrole nitrogens is 1. The van der Waals surface area contributed by atoms with Crippen LogP contribution in [0, 0.1) is 4.77 Å². The van der Waals surface area contributed by atoms with Gasteiger partial charge in [-0.25, -0.2) is 0 Å². The van der Waals surface area contributed by atoms with Gasteiger partial charge in [-0.1, -0.05) is 13.8 Å². The first-order chi connectivity index (χ1) is 5.74. The van der Waals surface area contributed by atoms with Crippen molar-refractivity contribution in [2.45, 2.75) is 27.3 Å². The molecule has 0 aliphatic rings. The molecule has 0 saturated carbocycles. The van der Waals surface area contributed by atoms with E-state index in [1.165, 1.54) is 6.07 Å². The number of nitrogens with zero attached hydrogens (tertiary/aromatic N) is 1. The van der Waals surface area contributed by atoms with E-state index in [0.717, 1.165) is 6.54 Å². The molecule has 12 heavy (non-hydrogen) atoms. The molecule has 0 aliphatic carbocycles. The molecule has 0 amide bonds. The van der Waals surface area contributed by atoms with Gasteiger partial charge in [-0.3, -0.25) is 9.78 Å². The number of hydrogen-bond donors (Lipinski definition) is 1. The van der Waals surface area contributed by atoms with Crippen molar-refractivity contribution in [3.63, 3.8) is 0 Å². The predicted molar refractivity (Wildman–Crippen MR) is 52.9 cm³/mol. The number of aromatic amines is 1. The molecular formula is C8H14N2OS. The second-order valence-corrected chi connectivity index (χ2v) is 2.28. The Hall–Kier alpha value is -0.900. The minimum Gasteiger partial charge on any atom is -0.325 e. The van der Waals surface area contributed by atoms with Crippen LogP contribution in [-0.4, -0.2) is 9.55 Å². The molecule has 0 atom stereocenters. The summed E-state index contributed by atoms with van der Waals surface area (Å²) in [5.74, 6) is 0. The van der Waals surface area contributed by atoms with Gasteiger partial charge in [0.1, 0.15) is 0 Å². The van der Waals surface area contributed by atoms with Crippen molar-refractivity contribution in [1.82, 2.24) is 9.55 Å². The highest BCUT2D eigenvalue weighted by molar-refractivity contribution is 7.71. The summed E-state index contributed by atoms with van der Waals surface area (Å²) in [4.78, 5) is 13.1. The maximum absolute atomic E-state index is 10.6. The first kappa shape index (κ1) is 11.1. The zero-order valence-electron chi connectivity index (χ0n) is 7.63. The van der Waals surface area contributed by atoms with Crippen LogP contribution in [-0.2, 0) is 6.54 Å². The monoisotopic (exact) mass is 186 g/mol. The Morgan fingerprint density at radius 3 is 2.58 bits per heavy atom. The van der Waals surface area contributed by atoms with Gasteiger partial charge >= 0.3 is 0 Å². The largest absolute Gasteiger partial charge is 0.325 e. The quantitative estimate of drug-likeness (QED) is 0.681. The molecule has 0 aromatic carbocycles. The van der Waals surface area contributed by atoms with Gasteiger partial charge < -0.3 is 4.57 Å². The summed E-state index contributed by atoms with van der Waals surface area (Å²) in [5, 5.41) is 0. The lowest BCUT2D eigenvalue weighted by Gasteiger charge is -1.98. The molecule has 4 heteroatoms. The third-order valence-electron chi connectivity index (χ3n) is 1.24. The molecule has 0 aliphatic heterocycles. The Bertz CT molecular complexity index is 326. The summed E-state index contributed by atoms with van der Waals surface area (Å²) >= 11 is 4.85. The number of aromatic nitrogens is 2. The second kappa shape index (κ2) is 5.71. The van der Waals surface area contributed by atoms with E-state index < -0.39 is 0 Å². The average Bonchev–Trinajstić information content (AvgIpc) is 2.08. The number of nitrogens with one attached hydrogen (secondary N) is 1. The molecule has 0 spiro atoms. The first-order valence-corrected chi connectivity index (χ1v) is 4.44. The first-order valence-electron chi connectivity index (χ1n) is 4.04. The lowest BCUT2D eigenvalue weighted by molar-refractivity contribution is 0.715. The highest BCUT2D eigenvalue weighted by Crippen LogP contribution is 1.83. The molecule has 1 heterocycles. The standard InChI is InChI=1S/C6H8N2OS.C2H6/c1-2-8-4-3-5(9)7-6(8)10;1-2/h3-4H,2H2,1H3,(H,7,9,10);1-2H3. The van der Waals surface area contributed by atoms with Gasteiger partial charge in [0.2, 0.25) is 0 Å². The van der Waals surface area contributed by atoms with Crippen LogP contribution < -0.4 is 5.56 Å². The third kappa shape index (κ3) is 3.00. The fraction of sp³-hybridized carbons (Fsp3) is 0.500. The normalized spacial score (nSPS) is 8.58. The van der Waals surface area contributed by atoms with Gasteiger partial charge in [0.05, 0.1) is 0 Å². The van der Waals surface area contributed by atoms with Crippen molar-refractivity contribution >= 4 is 12.2 Å². The van der Waals surface area contributed by atoms with E-state index in [1.54, 1.807) is 10.8 Å². The Morgan fingerprint density at radius 2 is 2.17 bits per heavy atom. The molecule has 0 bridgehead atoms. The van der Waals surface area contributed by atoms with E-state index in [9.17, 15) is 4.79 Å². The summed E-state index contributed by atoms with van der Waals surface area (Å²) < 4.78 is 2.27. The zero-order chi connectivity index (χ0) is 9.56. The van der Waals surface area contributed by atoms with Gasteiger partial charge in [0.15, 0.2) is 4.77 Å². The highest BCUT2D eigenvalue weighted by atomic mass is 32.1. The van der Waals surface area contributed by atoms with Crippen LogP contribution in [0.2, 0.25) is 0 Å². The van der Waals surface area contributed by atoms with Crippen molar-refractivity contribution in [2.24, 2.45) is 0 Å². The zero-order valence-corrected chi connectivity index (χ0v) is 8.44. The van der Waals surface area contributed by atoms with Crippen LogP contribution in [0.4, 0.5) is 0 Å². The van der Waals surface area contributed by atoms with Crippen LogP contribution >= 0.6 is 12.2 Å². The van der Waals surface area contributed by atoms with Gasteiger partial charge in [-0.05, 0) is 19.1 Å². The molecule has 1 aromatic rings. The van der Waals surface area contributed by atoms with Crippen molar-refractivity contribution < 1.29 is 0 Å². The van der Waals surface area contributed by atoms with Crippen molar-refractivity contribution in [3.8, 4) is 0 Å². The fourth-order valence-corrected chi connectivity index (χ4v) is 0.984. The summed E-state index contributed by atoms with van der Waals surface area (Å²) in [6, 6.07) is 1.46. The van der Waals surface area contributed by atoms with Crippen LogP contribution in [0.3, 0.4) is 0 Å². The molecule has 1 rings (SSSR count).